The summed E-state index contributed by atoms with van der Waals surface area (Å²) in [6, 6.07) is 3.27. The van der Waals surface area contributed by atoms with Gasteiger partial charge in [0.2, 0.25) is 0 Å². The number of nitrogens with one attached hydrogen (secondary N) is 1. The molecule has 0 radical (unpaired) electrons. The molecule has 2 rings (SSSR count). The Morgan fingerprint density at radius 3 is 2.71 bits per heavy atom. The molecule has 0 unspecified atom stereocenters. The van der Waals surface area contributed by atoms with Crippen LogP contribution in [0.25, 0.3) is 0 Å². The van der Waals surface area contributed by atoms with Crippen LogP contribution in [-0.2, 0) is 11.2 Å². The molecule has 0 saturated heterocycles. The lowest BCUT2D eigenvalue weighted by atomic mass is 10.2. The van der Waals surface area contributed by atoms with Gasteiger partial charge in [0.05, 0.1) is 0 Å². The maximum atomic E-state index is 11.7. The van der Waals surface area contributed by atoms with Crippen molar-refractivity contribution in [3.05, 3.63) is 23.7 Å². The van der Waals surface area contributed by atoms with Crippen molar-refractivity contribution in [2.24, 2.45) is 0 Å². The van der Waals surface area contributed by atoms with E-state index in [0.29, 0.717) is 5.76 Å². The second-order valence-corrected chi connectivity index (χ2v) is 4.29. The lowest BCUT2D eigenvalue weighted by Gasteiger charge is -2.09. The topological polar surface area (TPSA) is 79.5 Å². The lowest BCUT2D eigenvalue weighted by molar-refractivity contribution is -0.136. The van der Waals surface area contributed by atoms with E-state index in [2.05, 4.69) is 5.32 Å². The summed E-state index contributed by atoms with van der Waals surface area (Å²) in [7, 11) is 0. The fourth-order valence-corrected chi connectivity index (χ4v) is 2.07. The summed E-state index contributed by atoms with van der Waals surface area (Å²) in [6.07, 6.45) is 4.11. The molecule has 17 heavy (non-hydrogen) atoms. The van der Waals surface area contributed by atoms with E-state index in [1.54, 1.807) is 0 Å². The van der Waals surface area contributed by atoms with Gasteiger partial charge >= 0.3 is 5.97 Å². The number of rotatable bonds is 4. The normalized spacial score (nSPS) is 16.0. The standard InChI is InChI=1S/C12H15NO4/c14-11(15)7-9-5-6-10(17-9)12(16)13-8-3-1-2-4-8/h5-6,8H,1-4,7H2,(H,13,16)(H,14,15). The molecule has 1 aliphatic rings. The van der Waals surface area contributed by atoms with Crippen molar-refractivity contribution in [2.45, 2.75) is 38.1 Å². The molecule has 1 aromatic rings. The highest BCUT2D eigenvalue weighted by atomic mass is 16.4. The van der Waals surface area contributed by atoms with Crippen molar-refractivity contribution in [1.82, 2.24) is 5.32 Å². The van der Waals surface area contributed by atoms with Gasteiger partial charge in [0.25, 0.3) is 5.91 Å². The van der Waals surface area contributed by atoms with E-state index in [0.717, 1.165) is 25.7 Å². The van der Waals surface area contributed by atoms with E-state index < -0.39 is 5.97 Å². The van der Waals surface area contributed by atoms with E-state index in [4.69, 9.17) is 9.52 Å². The minimum Gasteiger partial charge on any atom is -0.481 e. The molecular weight excluding hydrogens is 222 g/mol. The number of hydrogen-bond donors (Lipinski definition) is 2. The maximum absolute atomic E-state index is 11.7. The van der Waals surface area contributed by atoms with Crippen molar-refractivity contribution in [2.75, 3.05) is 0 Å². The largest absolute Gasteiger partial charge is 0.481 e. The molecule has 1 aromatic heterocycles. The first kappa shape index (κ1) is 11.7. The Bertz CT molecular complexity index is 418. The predicted octanol–water partition coefficient (Wildman–Crippen LogP) is 1.58. The molecule has 92 valence electrons. The Morgan fingerprint density at radius 2 is 2.06 bits per heavy atom. The van der Waals surface area contributed by atoms with Gasteiger partial charge < -0.3 is 14.8 Å². The zero-order valence-electron chi connectivity index (χ0n) is 9.44. The van der Waals surface area contributed by atoms with Crippen LogP contribution >= 0.6 is 0 Å². The van der Waals surface area contributed by atoms with E-state index in [1.807, 2.05) is 0 Å². The van der Waals surface area contributed by atoms with E-state index in [1.165, 1.54) is 12.1 Å². The van der Waals surface area contributed by atoms with Crippen LogP contribution in [0.15, 0.2) is 16.5 Å². The molecule has 0 bridgehead atoms. The average Bonchev–Trinajstić information content (AvgIpc) is 2.87. The summed E-state index contributed by atoms with van der Waals surface area (Å²) in [4.78, 5) is 22.2. The Morgan fingerprint density at radius 1 is 1.35 bits per heavy atom. The maximum Gasteiger partial charge on any atom is 0.311 e. The predicted molar refractivity (Wildman–Crippen MR) is 59.8 cm³/mol. The molecule has 5 nitrogen and oxygen atoms in total. The van der Waals surface area contributed by atoms with Crippen LogP contribution < -0.4 is 5.32 Å². The fourth-order valence-electron chi connectivity index (χ4n) is 2.07. The number of amides is 1. The molecule has 1 heterocycles. The van der Waals surface area contributed by atoms with Crippen LogP contribution in [0.3, 0.4) is 0 Å². The van der Waals surface area contributed by atoms with Gasteiger partial charge in [-0.05, 0) is 25.0 Å². The zero-order valence-corrected chi connectivity index (χ0v) is 9.44. The number of furan rings is 1. The second kappa shape index (κ2) is 5.03. The number of aliphatic carboxylic acids is 1. The lowest BCUT2D eigenvalue weighted by Crippen LogP contribution is -2.32. The second-order valence-electron chi connectivity index (χ2n) is 4.29. The Kier molecular flexibility index (Phi) is 3.46. The Balaban J connectivity index is 1.94. The first-order chi connectivity index (χ1) is 8.15. The van der Waals surface area contributed by atoms with Crippen LogP contribution in [0.4, 0.5) is 0 Å². The van der Waals surface area contributed by atoms with Crippen molar-refractivity contribution in [3.63, 3.8) is 0 Å². The van der Waals surface area contributed by atoms with Gasteiger partial charge in [0.1, 0.15) is 12.2 Å². The van der Waals surface area contributed by atoms with Gasteiger partial charge in [-0.15, -0.1) is 0 Å². The van der Waals surface area contributed by atoms with Gasteiger partial charge in [-0.3, -0.25) is 9.59 Å². The van der Waals surface area contributed by atoms with Gasteiger partial charge in [-0.1, -0.05) is 12.8 Å². The van der Waals surface area contributed by atoms with Crippen LogP contribution in [0.5, 0.6) is 0 Å². The van der Waals surface area contributed by atoms with Crippen molar-refractivity contribution < 1.29 is 19.1 Å². The zero-order chi connectivity index (χ0) is 12.3. The summed E-state index contributed by atoms with van der Waals surface area (Å²) in [5.41, 5.74) is 0. The SMILES string of the molecule is O=C(O)Cc1ccc(C(=O)NC2CCCC2)o1. The van der Waals surface area contributed by atoms with Crippen LogP contribution in [0, 0.1) is 0 Å². The first-order valence-corrected chi connectivity index (χ1v) is 5.76. The summed E-state index contributed by atoms with van der Waals surface area (Å²) >= 11 is 0. The van der Waals surface area contributed by atoms with Crippen molar-refractivity contribution in [1.29, 1.82) is 0 Å². The molecule has 5 heteroatoms. The Labute approximate surface area is 98.8 Å². The van der Waals surface area contributed by atoms with Crippen molar-refractivity contribution >= 4 is 11.9 Å². The van der Waals surface area contributed by atoms with Crippen LogP contribution in [0.2, 0.25) is 0 Å². The van der Waals surface area contributed by atoms with Gasteiger partial charge in [0.15, 0.2) is 5.76 Å². The molecule has 0 atom stereocenters. The molecule has 2 N–H and O–H groups in total. The highest BCUT2D eigenvalue weighted by molar-refractivity contribution is 5.91. The average molecular weight is 237 g/mol. The number of carbonyl (C=O) groups is 2. The number of carboxylic acid groups (broad SMARTS) is 1. The molecule has 0 spiro atoms. The number of carbonyl (C=O) groups excluding carboxylic acids is 1. The fraction of sp³-hybridized carbons (Fsp3) is 0.500. The molecular formula is C12H15NO4. The molecule has 1 aliphatic carbocycles. The smallest absolute Gasteiger partial charge is 0.311 e. The number of carboxylic acids is 1. The van der Waals surface area contributed by atoms with Gasteiger partial charge in [-0.2, -0.15) is 0 Å². The third-order valence-electron chi connectivity index (χ3n) is 2.90. The van der Waals surface area contributed by atoms with Crippen LogP contribution in [-0.4, -0.2) is 23.0 Å². The van der Waals surface area contributed by atoms with Gasteiger partial charge in [-0.25, -0.2) is 0 Å². The highest BCUT2D eigenvalue weighted by Crippen LogP contribution is 2.18. The van der Waals surface area contributed by atoms with Gasteiger partial charge in [0, 0.05) is 6.04 Å². The molecule has 1 saturated carbocycles. The highest BCUT2D eigenvalue weighted by Gasteiger charge is 2.20. The van der Waals surface area contributed by atoms with E-state index in [-0.39, 0.29) is 24.1 Å². The third kappa shape index (κ3) is 3.09. The summed E-state index contributed by atoms with van der Waals surface area (Å²) in [6.45, 7) is 0. The van der Waals surface area contributed by atoms with Crippen LogP contribution in [0.1, 0.15) is 42.0 Å². The Hall–Kier alpha value is -1.78. The minimum absolute atomic E-state index is 0.188. The molecule has 1 fully saturated rings. The van der Waals surface area contributed by atoms with Crippen molar-refractivity contribution in [3.8, 4) is 0 Å². The quantitative estimate of drug-likeness (QED) is 0.833. The first-order valence-electron chi connectivity index (χ1n) is 5.76. The summed E-state index contributed by atoms with van der Waals surface area (Å²) in [5, 5.41) is 11.5. The molecule has 0 aromatic carbocycles. The molecule has 1 amide bonds. The van der Waals surface area contributed by atoms with E-state index >= 15 is 0 Å². The minimum atomic E-state index is -0.970. The monoisotopic (exact) mass is 237 g/mol. The molecule has 0 aliphatic heterocycles. The third-order valence-corrected chi connectivity index (χ3v) is 2.90. The summed E-state index contributed by atoms with van der Waals surface area (Å²) in [5.74, 6) is -0.738. The number of hydrogen-bond acceptors (Lipinski definition) is 3. The summed E-state index contributed by atoms with van der Waals surface area (Å²) < 4.78 is 5.17. The van der Waals surface area contributed by atoms with E-state index in [9.17, 15) is 9.59 Å².